The Kier molecular flexibility index (Phi) is 10.2. The van der Waals surface area contributed by atoms with Gasteiger partial charge in [-0.15, -0.1) is 0 Å². The van der Waals surface area contributed by atoms with Gasteiger partial charge in [-0.1, -0.05) is 51.1 Å². The minimum absolute atomic E-state index is 0.113. The molecule has 1 fully saturated rings. The highest BCUT2D eigenvalue weighted by Crippen LogP contribution is 2.39. The van der Waals surface area contributed by atoms with Crippen molar-refractivity contribution in [2.45, 2.75) is 116 Å². The molecule has 4 atom stereocenters. The van der Waals surface area contributed by atoms with Crippen LogP contribution in [0.2, 0.25) is 18.1 Å². The second-order valence-corrected chi connectivity index (χ2v) is 17.2. The number of nitrogens with one attached hydrogen (secondary N) is 1. The number of hydrogen-bond donors (Lipinski definition) is 2. The van der Waals surface area contributed by atoms with Crippen LogP contribution >= 0.6 is 0 Å². The fraction of sp³-hybridized carbons (Fsp3) is 0.741. The summed E-state index contributed by atoms with van der Waals surface area (Å²) < 4.78 is 30.0. The van der Waals surface area contributed by atoms with Crippen molar-refractivity contribution in [3.05, 3.63) is 35.9 Å². The third-order valence-electron chi connectivity index (χ3n) is 6.49. The number of aliphatic hydroxyl groups is 1. The molecule has 2 rings (SSSR count). The fourth-order valence-corrected chi connectivity index (χ4v) is 4.90. The largest absolute Gasteiger partial charge is 0.444 e. The molecule has 2 N–H and O–H groups in total. The van der Waals surface area contributed by atoms with Crippen molar-refractivity contribution >= 4 is 14.4 Å². The van der Waals surface area contributed by atoms with E-state index in [2.05, 4.69) is 39.2 Å². The zero-order valence-corrected chi connectivity index (χ0v) is 24.7. The van der Waals surface area contributed by atoms with Gasteiger partial charge in [0.2, 0.25) is 0 Å². The highest BCUT2D eigenvalue weighted by atomic mass is 28.4. The van der Waals surface area contributed by atoms with Gasteiger partial charge in [0.15, 0.2) is 14.1 Å². The summed E-state index contributed by atoms with van der Waals surface area (Å²) in [6, 6.07) is 9.09. The summed E-state index contributed by atoms with van der Waals surface area (Å²) in [4.78, 5) is 12.8. The molecule has 1 aromatic carbocycles. The predicted octanol–water partition coefficient (Wildman–Crippen LogP) is 5.00. The average molecular weight is 526 g/mol. The first-order valence-corrected chi connectivity index (χ1v) is 15.6. The van der Waals surface area contributed by atoms with Gasteiger partial charge >= 0.3 is 6.09 Å². The van der Waals surface area contributed by atoms with Crippen LogP contribution < -0.4 is 5.32 Å². The molecule has 0 aromatic heterocycles. The van der Waals surface area contributed by atoms with Crippen molar-refractivity contribution in [2.75, 3.05) is 13.2 Å². The number of ether oxygens (including phenoxy) is 4. The Labute approximate surface area is 218 Å². The lowest BCUT2D eigenvalue weighted by Gasteiger charge is -2.43. The number of aliphatic hydroxyl groups excluding tert-OH is 1. The Morgan fingerprint density at radius 2 is 1.78 bits per heavy atom. The summed E-state index contributed by atoms with van der Waals surface area (Å²) in [5.41, 5.74) is 0.325. The number of alkyl carbamates (subject to hydrolysis) is 1. The number of amides is 1. The third kappa shape index (κ3) is 9.43. The molecule has 1 amide bonds. The standard InChI is InChI=1S/C27H47NO7Si/c1-25(2,3)34-24(30)28-20(17-31-16-19-14-12-11-13-15-19)23(35-36(9,10)26(4,5)6)22(29)21-18-32-27(7,8)33-21/h11-15,20-23,29H,16-18H2,1-10H3,(H,28,30)/t20-,21-,22+,23-/m0/s1. The van der Waals surface area contributed by atoms with Crippen molar-refractivity contribution in [3.8, 4) is 0 Å². The van der Waals surface area contributed by atoms with Crippen LogP contribution in [-0.2, 0) is 30.0 Å². The van der Waals surface area contributed by atoms with Crippen LogP contribution in [0.3, 0.4) is 0 Å². The monoisotopic (exact) mass is 525 g/mol. The molecular weight excluding hydrogens is 478 g/mol. The van der Waals surface area contributed by atoms with Gasteiger partial charge in [0.1, 0.15) is 17.8 Å². The van der Waals surface area contributed by atoms with E-state index >= 15 is 0 Å². The van der Waals surface area contributed by atoms with Gasteiger partial charge in [-0.25, -0.2) is 4.79 Å². The average Bonchev–Trinajstić information content (AvgIpc) is 3.09. The molecule has 1 aliphatic heterocycles. The molecule has 1 heterocycles. The molecule has 1 aromatic rings. The lowest BCUT2D eigenvalue weighted by Crippen LogP contribution is -2.60. The van der Waals surface area contributed by atoms with Gasteiger partial charge in [-0.2, -0.15) is 0 Å². The molecule has 206 valence electrons. The van der Waals surface area contributed by atoms with E-state index in [1.807, 2.05) is 44.2 Å². The summed E-state index contributed by atoms with van der Waals surface area (Å²) >= 11 is 0. The van der Waals surface area contributed by atoms with Crippen LogP contribution in [-0.4, -0.2) is 68.5 Å². The summed E-state index contributed by atoms with van der Waals surface area (Å²) in [5, 5.41) is 14.3. The van der Waals surface area contributed by atoms with Gasteiger partial charge in [0.25, 0.3) is 0 Å². The van der Waals surface area contributed by atoms with Crippen LogP contribution in [0.1, 0.15) is 61.0 Å². The number of hydrogen-bond acceptors (Lipinski definition) is 7. The summed E-state index contributed by atoms with van der Waals surface area (Å²) in [5.74, 6) is -0.814. The van der Waals surface area contributed by atoms with Gasteiger partial charge < -0.3 is 33.8 Å². The Hall–Kier alpha value is -1.49. The van der Waals surface area contributed by atoms with Crippen LogP contribution in [0.5, 0.6) is 0 Å². The number of rotatable bonds is 10. The lowest BCUT2D eigenvalue weighted by molar-refractivity contribution is -0.162. The minimum atomic E-state index is -2.39. The summed E-state index contributed by atoms with van der Waals surface area (Å²) in [7, 11) is -2.39. The Morgan fingerprint density at radius 3 is 2.28 bits per heavy atom. The summed E-state index contributed by atoms with van der Waals surface area (Å²) in [6.07, 6.45) is -3.10. The Bertz CT molecular complexity index is 833. The molecule has 0 bridgehead atoms. The van der Waals surface area contributed by atoms with E-state index in [1.54, 1.807) is 20.8 Å². The maximum absolute atomic E-state index is 12.8. The molecule has 0 spiro atoms. The highest BCUT2D eigenvalue weighted by molar-refractivity contribution is 6.74. The second-order valence-electron chi connectivity index (χ2n) is 12.5. The first-order chi connectivity index (χ1) is 16.4. The van der Waals surface area contributed by atoms with E-state index in [1.165, 1.54) is 0 Å². The van der Waals surface area contributed by atoms with E-state index in [0.29, 0.717) is 6.61 Å². The number of carbonyl (C=O) groups is 1. The quantitative estimate of drug-likeness (QED) is 0.415. The molecule has 0 radical (unpaired) electrons. The Balaban J connectivity index is 2.34. The van der Waals surface area contributed by atoms with Crippen LogP contribution in [0.15, 0.2) is 30.3 Å². The van der Waals surface area contributed by atoms with E-state index < -0.39 is 50.2 Å². The highest BCUT2D eigenvalue weighted by Gasteiger charge is 2.48. The van der Waals surface area contributed by atoms with Gasteiger partial charge in [0.05, 0.1) is 32.0 Å². The molecule has 0 unspecified atom stereocenters. The van der Waals surface area contributed by atoms with E-state index in [9.17, 15) is 9.90 Å². The van der Waals surface area contributed by atoms with Crippen molar-refractivity contribution < 1.29 is 33.3 Å². The molecule has 1 aliphatic rings. The van der Waals surface area contributed by atoms with Gasteiger partial charge in [0, 0.05) is 0 Å². The Morgan fingerprint density at radius 1 is 1.17 bits per heavy atom. The normalized spacial score (nSPS) is 21.0. The van der Waals surface area contributed by atoms with E-state index in [-0.39, 0.29) is 18.3 Å². The maximum atomic E-state index is 12.8. The van der Waals surface area contributed by atoms with E-state index in [0.717, 1.165) is 5.56 Å². The third-order valence-corrected chi connectivity index (χ3v) is 11.0. The first-order valence-electron chi connectivity index (χ1n) is 12.7. The maximum Gasteiger partial charge on any atom is 0.408 e. The molecular formula is C27H47NO7Si. The molecule has 1 saturated heterocycles. The second kappa shape index (κ2) is 11.9. The fourth-order valence-electron chi connectivity index (χ4n) is 3.56. The number of benzene rings is 1. The molecule has 8 nitrogen and oxygen atoms in total. The van der Waals surface area contributed by atoms with Crippen LogP contribution in [0, 0.1) is 0 Å². The molecule has 9 heteroatoms. The minimum Gasteiger partial charge on any atom is -0.444 e. The molecule has 0 saturated carbocycles. The first kappa shape index (κ1) is 30.7. The topological polar surface area (TPSA) is 95.5 Å². The molecule has 36 heavy (non-hydrogen) atoms. The van der Waals surface area contributed by atoms with Crippen molar-refractivity contribution in [2.24, 2.45) is 0 Å². The molecule has 0 aliphatic carbocycles. The van der Waals surface area contributed by atoms with Crippen LogP contribution in [0.25, 0.3) is 0 Å². The van der Waals surface area contributed by atoms with Crippen molar-refractivity contribution in [1.29, 1.82) is 0 Å². The SMILES string of the molecule is CC(C)(C)OC(=O)N[C@@H](COCc1ccccc1)[C@H](O[Si](C)(C)C(C)(C)C)[C@H](O)[C@@H]1COC(C)(C)O1. The smallest absolute Gasteiger partial charge is 0.408 e. The van der Waals surface area contributed by atoms with Gasteiger partial charge in [-0.05, 0) is 58.3 Å². The van der Waals surface area contributed by atoms with Crippen molar-refractivity contribution in [3.63, 3.8) is 0 Å². The lowest BCUT2D eigenvalue weighted by atomic mass is 10.0. The zero-order valence-electron chi connectivity index (χ0n) is 23.7. The van der Waals surface area contributed by atoms with Crippen LogP contribution in [0.4, 0.5) is 4.79 Å². The summed E-state index contributed by atoms with van der Waals surface area (Å²) in [6.45, 7) is 20.3. The van der Waals surface area contributed by atoms with Crippen molar-refractivity contribution in [1.82, 2.24) is 5.32 Å². The number of carbonyl (C=O) groups excluding carboxylic acids is 1. The zero-order chi connectivity index (χ0) is 27.4. The van der Waals surface area contributed by atoms with Gasteiger partial charge in [-0.3, -0.25) is 0 Å². The predicted molar refractivity (Wildman–Crippen MR) is 142 cm³/mol. The van der Waals surface area contributed by atoms with E-state index in [4.69, 9.17) is 23.4 Å².